The second-order valence-corrected chi connectivity index (χ2v) is 7.80. The summed E-state index contributed by atoms with van der Waals surface area (Å²) in [5, 5.41) is 11.5. The van der Waals surface area contributed by atoms with Crippen molar-refractivity contribution in [1.29, 1.82) is 0 Å². The molecule has 1 atom stereocenters. The van der Waals surface area contributed by atoms with Crippen LogP contribution in [0.15, 0.2) is 42.5 Å². The summed E-state index contributed by atoms with van der Waals surface area (Å²) >= 11 is 0. The average molecular weight is 394 g/mol. The molecule has 29 heavy (non-hydrogen) atoms. The monoisotopic (exact) mass is 394 g/mol. The Morgan fingerprint density at radius 1 is 1.03 bits per heavy atom. The molecule has 1 heterocycles. The zero-order valence-electron chi connectivity index (χ0n) is 16.4. The second kappa shape index (κ2) is 8.21. The Balaban J connectivity index is 1.49. The number of hydrogen-bond donors (Lipinski definition) is 1. The molecule has 0 aromatic heterocycles. The summed E-state index contributed by atoms with van der Waals surface area (Å²) < 4.78 is 0. The van der Waals surface area contributed by atoms with Gasteiger partial charge in [0.1, 0.15) is 0 Å². The molecule has 0 radical (unpaired) electrons. The summed E-state index contributed by atoms with van der Waals surface area (Å²) in [5.74, 6) is -0.414. The fraction of sp³-hybridized carbons (Fsp3) is 0.409. The quantitative estimate of drug-likeness (QED) is 0.488. The highest BCUT2D eigenvalue weighted by Gasteiger charge is 2.30. The minimum Gasteiger partial charge on any atom is -0.369 e. The van der Waals surface area contributed by atoms with Crippen molar-refractivity contribution >= 4 is 17.3 Å². The second-order valence-electron chi connectivity index (χ2n) is 7.80. The number of amides is 1. The Hall–Kier alpha value is -2.93. The minimum atomic E-state index is -0.414. The molecule has 1 aliphatic heterocycles. The maximum absolute atomic E-state index is 11.5. The first-order valence-electron chi connectivity index (χ1n) is 10.2. The number of fused-ring (bicyclic) bond motifs is 1. The standard InChI is InChI=1S/C22H26N4O3/c23-22(27)16-8-10-17(11-9-16)24-12-14-25(15-13-24)20-6-2-1-4-19-18(20)5-3-7-21(19)26(28)29/h3,5,7-11,20H,1-2,4,6,12-15H2,(H2,23,27). The molecule has 1 saturated heterocycles. The summed E-state index contributed by atoms with van der Waals surface area (Å²) in [6.07, 6.45) is 3.92. The molecule has 0 saturated carbocycles. The van der Waals surface area contributed by atoms with Gasteiger partial charge in [0.2, 0.25) is 5.91 Å². The maximum Gasteiger partial charge on any atom is 0.272 e. The molecule has 2 aromatic rings. The average Bonchev–Trinajstić information content (AvgIpc) is 2.96. The lowest BCUT2D eigenvalue weighted by Gasteiger charge is -2.40. The van der Waals surface area contributed by atoms with Crippen molar-refractivity contribution in [1.82, 2.24) is 4.90 Å². The van der Waals surface area contributed by atoms with E-state index in [0.717, 1.165) is 68.7 Å². The Morgan fingerprint density at radius 2 is 1.76 bits per heavy atom. The minimum absolute atomic E-state index is 0.241. The molecule has 1 amide bonds. The predicted molar refractivity (Wildman–Crippen MR) is 112 cm³/mol. The van der Waals surface area contributed by atoms with E-state index < -0.39 is 5.91 Å². The SMILES string of the molecule is NC(=O)c1ccc(N2CCN(C3CCCCc4c3cccc4[N+](=O)[O-])CC2)cc1. The van der Waals surface area contributed by atoms with Crippen LogP contribution in [0, 0.1) is 10.1 Å². The van der Waals surface area contributed by atoms with Crippen LogP contribution in [0.2, 0.25) is 0 Å². The number of primary amides is 1. The number of carbonyl (C=O) groups is 1. The van der Waals surface area contributed by atoms with Crippen LogP contribution in [-0.2, 0) is 6.42 Å². The van der Waals surface area contributed by atoms with E-state index in [4.69, 9.17) is 5.73 Å². The van der Waals surface area contributed by atoms with Crippen molar-refractivity contribution < 1.29 is 9.72 Å². The number of piperazine rings is 1. The number of carbonyl (C=O) groups excluding carboxylic acids is 1. The van der Waals surface area contributed by atoms with Gasteiger partial charge in [0.25, 0.3) is 5.69 Å². The molecule has 2 aromatic carbocycles. The van der Waals surface area contributed by atoms with Crippen LogP contribution in [0.1, 0.15) is 46.8 Å². The highest BCUT2D eigenvalue weighted by Crippen LogP contribution is 2.37. The van der Waals surface area contributed by atoms with E-state index in [9.17, 15) is 14.9 Å². The number of nitrogens with two attached hydrogens (primary N) is 1. The highest BCUT2D eigenvalue weighted by atomic mass is 16.6. The molecule has 4 rings (SSSR count). The third kappa shape index (κ3) is 3.96. The van der Waals surface area contributed by atoms with E-state index >= 15 is 0 Å². The lowest BCUT2D eigenvalue weighted by atomic mass is 9.95. The number of nitrogens with zero attached hydrogens (tertiary/aromatic N) is 3. The largest absolute Gasteiger partial charge is 0.369 e. The Bertz CT molecular complexity index is 905. The van der Waals surface area contributed by atoms with Crippen LogP contribution in [0.3, 0.4) is 0 Å². The maximum atomic E-state index is 11.5. The van der Waals surface area contributed by atoms with Gasteiger partial charge in [0.15, 0.2) is 0 Å². The first kappa shape index (κ1) is 19.4. The fourth-order valence-corrected chi connectivity index (χ4v) is 4.65. The summed E-state index contributed by atoms with van der Waals surface area (Å²) in [6, 6.07) is 13.2. The fourth-order valence-electron chi connectivity index (χ4n) is 4.65. The Labute approximate surface area is 170 Å². The van der Waals surface area contributed by atoms with Crippen molar-refractivity contribution in [2.45, 2.75) is 31.7 Å². The number of nitro groups is 1. The molecular formula is C22H26N4O3. The molecule has 7 nitrogen and oxygen atoms in total. The van der Waals surface area contributed by atoms with Crippen LogP contribution >= 0.6 is 0 Å². The van der Waals surface area contributed by atoms with Gasteiger partial charge in [-0.1, -0.05) is 18.6 Å². The van der Waals surface area contributed by atoms with Gasteiger partial charge < -0.3 is 10.6 Å². The van der Waals surface area contributed by atoms with Gasteiger partial charge in [-0.15, -0.1) is 0 Å². The number of rotatable bonds is 4. The zero-order valence-corrected chi connectivity index (χ0v) is 16.4. The normalized spacial score (nSPS) is 20.0. The van der Waals surface area contributed by atoms with Gasteiger partial charge in [-0.25, -0.2) is 0 Å². The summed E-state index contributed by atoms with van der Waals surface area (Å²) in [7, 11) is 0. The van der Waals surface area contributed by atoms with Crippen LogP contribution in [0.5, 0.6) is 0 Å². The molecule has 1 fully saturated rings. The van der Waals surface area contributed by atoms with E-state index in [-0.39, 0.29) is 16.7 Å². The van der Waals surface area contributed by atoms with Crippen molar-refractivity contribution in [3.8, 4) is 0 Å². The predicted octanol–water partition coefficient (Wildman–Crippen LogP) is 3.28. The van der Waals surface area contributed by atoms with E-state index in [1.807, 2.05) is 18.2 Å². The zero-order chi connectivity index (χ0) is 20.4. The molecule has 1 unspecified atom stereocenters. The summed E-state index contributed by atoms with van der Waals surface area (Å²) in [6.45, 7) is 3.59. The number of hydrogen-bond acceptors (Lipinski definition) is 5. The third-order valence-electron chi connectivity index (χ3n) is 6.17. The smallest absolute Gasteiger partial charge is 0.272 e. The molecule has 152 valence electrons. The topological polar surface area (TPSA) is 92.7 Å². The number of nitro benzene ring substituents is 1. The van der Waals surface area contributed by atoms with E-state index in [1.54, 1.807) is 18.2 Å². The van der Waals surface area contributed by atoms with Gasteiger partial charge in [-0.2, -0.15) is 0 Å². The van der Waals surface area contributed by atoms with Crippen LogP contribution in [-0.4, -0.2) is 41.9 Å². The Morgan fingerprint density at radius 3 is 2.41 bits per heavy atom. The van der Waals surface area contributed by atoms with Gasteiger partial charge >= 0.3 is 0 Å². The van der Waals surface area contributed by atoms with Gasteiger partial charge in [0, 0.05) is 55.1 Å². The van der Waals surface area contributed by atoms with Gasteiger partial charge in [0.05, 0.1) is 4.92 Å². The van der Waals surface area contributed by atoms with Gasteiger partial charge in [-0.3, -0.25) is 19.8 Å². The van der Waals surface area contributed by atoms with Crippen molar-refractivity contribution in [3.05, 3.63) is 69.3 Å². The molecule has 0 spiro atoms. The molecule has 2 aliphatic rings. The van der Waals surface area contributed by atoms with E-state index in [0.29, 0.717) is 5.56 Å². The Kier molecular flexibility index (Phi) is 5.49. The van der Waals surface area contributed by atoms with Crippen LogP contribution in [0.4, 0.5) is 11.4 Å². The lowest BCUT2D eigenvalue weighted by molar-refractivity contribution is -0.385. The van der Waals surface area contributed by atoms with Crippen molar-refractivity contribution in [2.24, 2.45) is 5.73 Å². The first-order chi connectivity index (χ1) is 14.0. The molecular weight excluding hydrogens is 368 g/mol. The van der Waals surface area contributed by atoms with Crippen LogP contribution < -0.4 is 10.6 Å². The van der Waals surface area contributed by atoms with Crippen molar-refractivity contribution in [2.75, 3.05) is 31.1 Å². The summed E-state index contributed by atoms with van der Waals surface area (Å²) in [4.78, 5) is 27.3. The van der Waals surface area contributed by atoms with E-state index in [1.165, 1.54) is 0 Å². The van der Waals surface area contributed by atoms with Crippen molar-refractivity contribution in [3.63, 3.8) is 0 Å². The van der Waals surface area contributed by atoms with Crippen LogP contribution in [0.25, 0.3) is 0 Å². The first-order valence-corrected chi connectivity index (χ1v) is 10.2. The molecule has 0 bridgehead atoms. The molecule has 7 heteroatoms. The van der Waals surface area contributed by atoms with Gasteiger partial charge in [-0.05, 0) is 49.1 Å². The molecule has 1 aliphatic carbocycles. The highest BCUT2D eigenvalue weighted by molar-refractivity contribution is 5.93. The molecule has 2 N–H and O–H groups in total. The lowest BCUT2D eigenvalue weighted by Crippen LogP contribution is -2.47. The third-order valence-corrected chi connectivity index (χ3v) is 6.17. The number of anilines is 1. The van der Waals surface area contributed by atoms with E-state index in [2.05, 4.69) is 15.9 Å². The summed E-state index contributed by atoms with van der Waals surface area (Å²) in [5.41, 5.74) is 9.25. The number of benzene rings is 2.